The van der Waals surface area contributed by atoms with Gasteiger partial charge in [-0.15, -0.1) is 0 Å². The topological polar surface area (TPSA) is 17.8 Å². The molecule has 0 saturated heterocycles. The number of imidazole rings is 1. The maximum absolute atomic E-state index is 4.32. The molecule has 0 N–H and O–H groups in total. The van der Waals surface area contributed by atoms with Crippen LogP contribution in [-0.4, -0.2) is 9.55 Å². The maximum atomic E-state index is 4.32. The summed E-state index contributed by atoms with van der Waals surface area (Å²) in [5.41, 5.74) is 2.24. The molecule has 0 spiro atoms. The van der Waals surface area contributed by atoms with Crippen LogP contribution < -0.4 is 0 Å². The van der Waals surface area contributed by atoms with Gasteiger partial charge in [0.05, 0.1) is 17.4 Å². The number of rotatable bonds is 1. The third-order valence-electron chi connectivity index (χ3n) is 2.09. The van der Waals surface area contributed by atoms with Gasteiger partial charge in [-0.05, 0) is 32.0 Å². The van der Waals surface area contributed by atoms with E-state index in [0.29, 0.717) is 6.04 Å². The molecule has 68 valence electrons. The minimum Gasteiger partial charge on any atom is -0.328 e. The fourth-order valence-corrected chi connectivity index (χ4v) is 1.76. The lowest BCUT2D eigenvalue weighted by Crippen LogP contribution is -1.97. The highest BCUT2D eigenvalue weighted by Gasteiger charge is 2.04. The summed E-state index contributed by atoms with van der Waals surface area (Å²) < 4.78 is 3.27. The van der Waals surface area contributed by atoms with E-state index in [-0.39, 0.29) is 0 Å². The van der Waals surface area contributed by atoms with Crippen LogP contribution in [0.2, 0.25) is 0 Å². The van der Waals surface area contributed by atoms with E-state index in [0.717, 1.165) is 9.99 Å². The van der Waals surface area contributed by atoms with Gasteiger partial charge in [0.1, 0.15) is 0 Å². The van der Waals surface area contributed by atoms with Gasteiger partial charge >= 0.3 is 0 Å². The summed E-state index contributed by atoms with van der Waals surface area (Å²) in [5, 5.41) is 0. The van der Waals surface area contributed by atoms with Gasteiger partial charge in [-0.1, -0.05) is 15.9 Å². The van der Waals surface area contributed by atoms with E-state index in [1.54, 1.807) is 0 Å². The van der Waals surface area contributed by atoms with Gasteiger partial charge in [0, 0.05) is 10.5 Å². The van der Waals surface area contributed by atoms with E-state index in [1.807, 2.05) is 18.5 Å². The van der Waals surface area contributed by atoms with E-state index >= 15 is 0 Å². The normalized spacial score (nSPS) is 11.4. The predicted molar refractivity (Wildman–Crippen MR) is 57.8 cm³/mol. The Morgan fingerprint density at radius 2 is 2.15 bits per heavy atom. The second kappa shape index (κ2) is 3.14. The van der Waals surface area contributed by atoms with Crippen molar-refractivity contribution in [3.05, 3.63) is 29.0 Å². The van der Waals surface area contributed by atoms with Crippen LogP contribution in [0.1, 0.15) is 19.9 Å². The van der Waals surface area contributed by atoms with Crippen LogP contribution in [0.4, 0.5) is 0 Å². The number of hydrogen-bond donors (Lipinski definition) is 0. The fraction of sp³-hybridized carbons (Fsp3) is 0.300. The molecule has 0 bridgehead atoms. The van der Waals surface area contributed by atoms with Crippen molar-refractivity contribution in [1.29, 1.82) is 0 Å². The van der Waals surface area contributed by atoms with Gasteiger partial charge in [-0.3, -0.25) is 0 Å². The van der Waals surface area contributed by atoms with E-state index in [9.17, 15) is 0 Å². The van der Waals surface area contributed by atoms with Crippen LogP contribution in [0.3, 0.4) is 0 Å². The van der Waals surface area contributed by atoms with Gasteiger partial charge in [0.2, 0.25) is 0 Å². The molecule has 2 rings (SSSR count). The zero-order valence-electron chi connectivity index (χ0n) is 7.66. The highest BCUT2D eigenvalue weighted by molar-refractivity contribution is 9.10. The van der Waals surface area contributed by atoms with E-state index in [1.165, 1.54) is 5.52 Å². The smallest absolute Gasteiger partial charge is 0.0960 e. The van der Waals surface area contributed by atoms with Crippen molar-refractivity contribution >= 4 is 27.0 Å². The molecule has 2 aromatic rings. The van der Waals surface area contributed by atoms with Crippen molar-refractivity contribution in [2.45, 2.75) is 19.9 Å². The average molecular weight is 239 g/mol. The van der Waals surface area contributed by atoms with Gasteiger partial charge in [0.15, 0.2) is 0 Å². The summed E-state index contributed by atoms with van der Waals surface area (Å²) >= 11 is 3.46. The molecule has 0 aliphatic rings. The van der Waals surface area contributed by atoms with Crippen molar-refractivity contribution in [2.75, 3.05) is 0 Å². The highest BCUT2D eigenvalue weighted by Crippen LogP contribution is 2.21. The highest BCUT2D eigenvalue weighted by atomic mass is 79.9. The molecule has 0 saturated carbocycles. The zero-order valence-corrected chi connectivity index (χ0v) is 9.25. The Hall–Kier alpha value is -0.830. The molecule has 0 aliphatic heterocycles. The molecule has 2 nitrogen and oxygen atoms in total. The molecule has 0 aliphatic carbocycles. The summed E-state index contributed by atoms with van der Waals surface area (Å²) in [6.45, 7) is 4.31. The van der Waals surface area contributed by atoms with Crippen molar-refractivity contribution in [1.82, 2.24) is 9.55 Å². The molecule has 1 aromatic heterocycles. The molecule has 3 heteroatoms. The summed E-state index contributed by atoms with van der Waals surface area (Å²) in [7, 11) is 0. The van der Waals surface area contributed by atoms with E-state index < -0.39 is 0 Å². The van der Waals surface area contributed by atoms with Crippen LogP contribution >= 0.6 is 15.9 Å². The zero-order chi connectivity index (χ0) is 9.42. The molecule has 0 atom stereocenters. The van der Waals surface area contributed by atoms with E-state index in [2.05, 4.69) is 45.4 Å². The van der Waals surface area contributed by atoms with Crippen molar-refractivity contribution in [3.63, 3.8) is 0 Å². The van der Waals surface area contributed by atoms with Crippen LogP contribution in [-0.2, 0) is 0 Å². The van der Waals surface area contributed by atoms with Crippen LogP contribution in [0, 0.1) is 0 Å². The van der Waals surface area contributed by atoms with Crippen LogP contribution in [0.15, 0.2) is 29.0 Å². The monoisotopic (exact) mass is 238 g/mol. The first-order chi connectivity index (χ1) is 6.18. The Morgan fingerprint density at radius 1 is 1.38 bits per heavy atom. The number of hydrogen-bond acceptors (Lipinski definition) is 1. The van der Waals surface area contributed by atoms with Gasteiger partial charge < -0.3 is 4.57 Å². The first-order valence-corrected chi connectivity index (χ1v) is 5.10. The minimum absolute atomic E-state index is 0.458. The molecule has 0 amide bonds. The lowest BCUT2D eigenvalue weighted by molar-refractivity contribution is 0.617. The lowest BCUT2D eigenvalue weighted by atomic mass is 10.3. The summed E-state index contributed by atoms with van der Waals surface area (Å²) in [5.74, 6) is 0. The molecule has 0 unspecified atom stereocenters. The molecule has 13 heavy (non-hydrogen) atoms. The van der Waals surface area contributed by atoms with E-state index in [4.69, 9.17) is 0 Å². The lowest BCUT2D eigenvalue weighted by Gasteiger charge is -2.07. The number of nitrogens with zero attached hydrogens (tertiary/aromatic N) is 2. The molecule has 0 fully saturated rings. The minimum atomic E-state index is 0.458. The first kappa shape index (κ1) is 8.75. The molecule has 1 aromatic carbocycles. The van der Waals surface area contributed by atoms with Gasteiger partial charge in [-0.2, -0.15) is 0 Å². The van der Waals surface area contributed by atoms with Crippen molar-refractivity contribution in [3.8, 4) is 0 Å². The predicted octanol–water partition coefficient (Wildman–Crippen LogP) is 3.38. The summed E-state index contributed by atoms with van der Waals surface area (Å²) in [6, 6.07) is 6.60. The summed E-state index contributed by atoms with van der Waals surface area (Å²) in [4.78, 5) is 4.32. The number of benzene rings is 1. The van der Waals surface area contributed by atoms with Gasteiger partial charge in [-0.25, -0.2) is 4.98 Å². The fourth-order valence-electron chi connectivity index (χ4n) is 1.41. The Bertz CT molecular complexity index is 431. The third-order valence-corrected chi connectivity index (χ3v) is 2.59. The standard InChI is InChI=1S/C10H11BrN2/c1-7(2)13-6-12-9-4-3-8(11)5-10(9)13/h3-7H,1-2H3. The van der Waals surface area contributed by atoms with Crippen LogP contribution in [0.5, 0.6) is 0 Å². The molecular formula is C10H11BrN2. The Labute approximate surface area is 85.7 Å². The molecule has 0 radical (unpaired) electrons. The summed E-state index contributed by atoms with van der Waals surface area (Å²) in [6.07, 6.45) is 1.89. The van der Waals surface area contributed by atoms with Crippen molar-refractivity contribution < 1.29 is 0 Å². The molecular weight excluding hydrogens is 228 g/mol. The quantitative estimate of drug-likeness (QED) is 0.745. The van der Waals surface area contributed by atoms with Gasteiger partial charge in [0.25, 0.3) is 0 Å². The Kier molecular flexibility index (Phi) is 2.12. The number of aromatic nitrogens is 2. The van der Waals surface area contributed by atoms with Crippen molar-refractivity contribution in [2.24, 2.45) is 0 Å². The maximum Gasteiger partial charge on any atom is 0.0960 e. The van der Waals surface area contributed by atoms with Crippen LogP contribution in [0.25, 0.3) is 11.0 Å². The third kappa shape index (κ3) is 1.48. The Balaban J connectivity index is 2.71. The number of fused-ring (bicyclic) bond motifs is 1. The largest absolute Gasteiger partial charge is 0.328 e. The second-order valence-electron chi connectivity index (χ2n) is 3.38. The molecule has 1 heterocycles. The SMILES string of the molecule is CC(C)n1cnc2ccc(Br)cc21. The second-order valence-corrected chi connectivity index (χ2v) is 4.29. The first-order valence-electron chi connectivity index (χ1n) is 4.30. The Morgan fingerprint density at radius 3 is 2.85 bits per heavy atom. The average Bonchev–Trinajstić information content (AvgIpc) is 2.46. The number of halogens is 1.